The Kier molecular flexibility index (Phi) is 7.80. The maximum atomic E-state index is 13.5. The zero-order chi connectivity index (χ0) is 26.6. The number of sulfone groups is 1. The van der Waals surface area contributed by atoms with Crippen molar-refractivity contribution >= 4 is 38.7 Å². The van der Waals surface area contributed by atoms with Crippen LogP contribution in [0.3, 0.4) is 0 Å². The van der Waals surface area contributed by atoms with Crippen LogP contribution in [0.2, 0.25) is 5.02 Å². The summed E-state index contributed by atoms with van der Waals surface area (Å²) in [6.07, 6.45) is 3.87. The first-order chi connectivity index (χ1) is 17.7. The Balaban J connectivity index is 1.80. The first-order valence-electron chi connectivity index (χ1n) is 11.2. The molecule has 0 aliphatic heterocycles. The number of methoxy groups -OCH3 is 1. The number of hydrogen-bond donors (Lipinski definition) is 1. The topological polar surface area (TPSA) is 115 Å². The summed E-state index contributed by atoms with van der Waals surface area (Å²) in [5.74, 6) is 0.659. The molecule has 0 saturated heterocycles. The van der Waals surface area contributed by atoms with Crippen LogP contribution in [-0.2, 0) is 22.9 Å². The van der Waals surface area contributed by atoms with E-state index < -0.39 is 20.9 Å². The molecule has 0 saturated carbocycles. The van der Waals surface area contributed by atoms with Crippen molar-refractivity contribution in [1.82, 2.24) is 9.97 Å². The number of nitrogens with one attached hydrogen (secondary N) is 1. The minimum atomic E-state index is -3.79. The number of nitrogens with zero attached hydrogens (tertiary/aromatic N) is 3. The highest BCUT2D eigenvalue weighted by atomic mass is 35.5. The van der Waals surface area contributed by atoms with Crippen LogP contribution >= 0.6 is 11.6 Å². The summed E-state index contributed by atoms with van der Waals surface area (Å²) in [7, 11) is -2.21. The van der Waals surface area contributed by atoms with Crippen molar-refractivity contribution < 1.29 is 22.4 Å². The molecule has 0 aliphatic rings. The third-order valence-electron chi connectivity index (χ3n) is 5.54. The lowest BCUT2D eigenvalue weighted by Crippen LogP contribution is -2.27. The minimum Gasteiger partial charge on any atom is -0.496 e. The van der Waals surface area contributed by atoms with Crippen LogP contribution in [0.5, 0.6) is 5.75 Å². The minimum absolute atomic E-state index is 0.117. The van der Waals surface area contributed by atoms with Gasteiger partial charge in [0, 0.05) is 29.1 Å². The van der Waals surface area contributed by atoms with Gasteiger partial charge in [0.1, 0.15) is 11.5 Å². The first-order valence-corrected chi connectivity index (χ1v) is 13.5. The third kappa shape index (κ3) is 6.28. The predicted molar refractivity (Wildman–Crippen MR) is 141 cm³/mol. The van der Waals surface area contributed by atoms with E-state index in [0.29, 0.717) is 34.5 Å². The van der Waals surface area contributed by atoms with E-state index in [9.17, 15) is 13.2 Å². The number of aryl methyl sites for hydroxylation is 1. The van der Waals surface area contributed by atoms with E-state index in [1.165, 1.54) is 6.20 Å². The molecule has 1 N–H and O–H groups in total. The van der Waals surface area contributed by atoms with E-state index in [1.54, 1.807) is 43.7 Å². The molecule has 0 fully saturated rings. The van der Waals surface area contributed by atoms with Gasteiger partial charge in [-0.3, -0.25) is 4.79 Å². The van der Waals surface area contributed by atoms with Crippen LogP contribution in [0, 0.1) is 6.92 Å². The zero-order valence-electron chi connectivity index (χ0n) is 20.4. The van der Waals surface area contributed by atoms with Gasteiger partial charge in [0.15, 0.2) is 5.69 Å². The molecule has 4 aromatic rings. The monoisotopic (exact) mass is 540 g/mol. The van der Waals surface area contributed by atoms with Gasteiger partial charge in [0.2, 0.25) is 15.0 Å². The van der Waals surface area contributed by atoms with E-state index in [4.69, 9.17) is 20.8 Å². The summed E-state index contributed by atoms with van der Waals surface area (Å²) in [6.45, 7) is 2.39. The third-order valence-corrected chi connectivity index (χ3v) is 6.81. The largest absolute Gasteiger partial charge is 0.496 e. The van der Waals surface area contributed by atoms with Crippen molar-refractivity contribution in [3.63, 3.8) is 0 Å². The van der Waals surface area contributed by atoms with Crippen LogP contribution < -0.4 is 15.0 Å². The van der Waals surface area contributed by atoms with Gasteiger partial charge in [-0.05, 0) is 42.8 Å². The average molecular weight is 541 g/mol. The molecule has 0 atom stereocenters. The van der Waals surface area contributed by atoms with Crippen molar-refractivity contribution in [3.8, 4) is 5.75 Å². The normalized spacial score (nSPS) is 11.2. The predicted octanol–water partition coefficient (Wildman–Crippen LogP) is 4.90. The van der Waals surface area contributed by atoms with Crippen LogP contribution in [0.4, 0.5) is 11.4 Å². The number of anilines is 2. The van der Waals surface area contributed by atoms with Crippen molar-refractivity contribution in [2.75, 3.05) is 23.6 Å². The molecule has 2 aromatic carbocycles. The van der Waals surface area contributed by atoms with Crippen molar-refractivity contribution in [1.29, 1.82) is 0 Å². The lowest BCUT2D eigenvalue weighted by Gasteiger charge is -2.26. The molecule has 192 valence electrons. The van der Waals surface area contributed by atoms with Gasteiger partial charge in [0.25, 0.3) is 5.91 Å². The Hall–Kier alpha value is -3.89. The lowest BCUT2D eigenvalue weighted by molar-refractivity contribution is 0.102. The fraction of sp³-hybridized carbons (Fsp3) is 0.192. The number of carbonyl (C=O) groups excluding carboxylic acids is 1. The van der Waals surface area contributed by atoms with Crippen LogP contribution in [0.1, 0.15) is 27.4 Å². The molecular formula is C26H25ClN4O5S. The molecule has 4 rings (SSSR count). The summed E-state index contributed by atoms with van der Waals surface area (Å²) < 4.78 is 35.5. The van der Waals surface area contributed by atoms with Crippen LogP contribution in [-0.4, -0.2) is 37.7 Å². The number of amides is 1. The highest BCUT2D eigenvalue weighted by Gasteiger charge is 2.25. The molecule has 0 aliphatic carbocycles. The Bertz CT molecular complexity index is 1520. The van der Waals surface area contributed by atoms with E-state index in [-0.39, 0.29) is 12.2 Å². The fourth-order valence-electron chi connectivity index (χ4n) is 3.65. The Labute approximate surface area is 220 Å². The molecule has 2 heterocycles. The molecule has 0 radical (unpaired) electrons. The van der Waals surface area contributed by atoms with Gasteiger partial charge < -0.3 is 19.4 Å². The Morgan fingerprint density at radius 1 is 1.14 bits per heavy atom. The first kappa shape index (κ1) is 26.2. The summed E-state index contributed by atoms with van der Waals surface area (Å²) in [5, 5.41) is 2.78. The number of rotatable bonds is 9. The van der Waals surface area contributed by atoms with Crippen LogP contribution in [0.15, 0.2) is 76.6 Å². The number of hydrogen-bond acceptors (Lipinski definition) is 8. The second kappa shape index (κ2) is 11.0. The summed E-state index contributed by atoms with van der Waals surface area (Å²) in [6, 6.07) is 16.1. The molecule has 1 amide bonds. The molecular weight excluding hydrogens is 516 g/mol. The van der Waals surface area contributed by atoms with Crippen molar-refractivity contribution in [2.45, 2.75) is 25.2 Å². The number of ether oxygens (including phenoxy) is 1. The van der Waals surface area contributed by atoms with Gasteiger partial charge in [-0.25, -0.2) is 18.4 Å². The second-order valence-corrected chi connectivity index (χ2v) is 10.6. The molecule has 11 heteroatoms. The van der Waals surface area contributed by atoms with Crippen LogP contribution in [0.25, 0.3) is 0 Å². The van der Waals surface area contributed by atoms with Gasteiger partial charge in [-0.1, -0.05) is 35.9 Å². The van der Waals surface area contributed by atoms with Gasteiger partial charge in [-0.2, -0.15) is 0 Å². The summed E-state index contributed by atoms with van der Waals surface area (Å²) in [5.41, 5.74) is 2.32. The Morgan fingerprint density at radius 2 is 1.92 bits per heavy atom. The number of furan rings is 1. The zero-order valence-corrected chi connectivity index (χ0v) is 22.0. The summed E-state index contributed by atoms with van der Waals surface area (Å²) >= 11 is 6.22. The summed E-state index contributed by atoms with van der Waals surface area (Å²) in [4.78, 5) is 23.5. The molecule has 0 unspecified atom stereocenters. The number of halogens is 1. The van der Waals surface area contributed by atoms with E-state index in [0.717, 1.165) is 17.4 Å². The fourth-order valence-corrected chi connectivity index (χ4v) is 4.34. The van der Waals surface area contributed by atoms with E-state index in [1.807, 2.05) is 36.1 Å². The molecule has 9 nitrogen and oxygen atoms in total. The van der Waals surface area contributed by atoms with E-state index in [2.05, 4.69) is 15.3 Å². The lowest BCUT2D eigenvalue weighted by atomic mass is 10.1. The van der Waals surface area contributed by atoms with Gasteiger partial charge in [-0.15, -0.1) is 0 Å². The quantitative estimate of drug-likeness (QED) is 0.298. The van der Waals surface area contributed by atoms with Crippen molar-refractivity contribution in [2.24, 2.45) is 0 Å². The molecule has 0 bridgehead atoms. The second-order valence-electron chi connectivity index (χ2n) is 8.32. The van der Waals surface area contributed by atoms with Gasteiger partial charge >= 0.3 is 0 Å². The van der Waals surface area contributed by atoms with Gasteiger partial charge in [0.05, 0.1) is 31.8 Å². The highest BCUT2D eigenvalue weighted by Crippen LogP contribution is 2.28. The van der Waals surface area contributed by atoms with E-state index >= 15 is 0 Å². The van der Waals surface area contributed by atoms with Crippen molar-refractivity contribution in [3.05, 3.63) is 94.7 Å². The molecule has 0 spiro atoms. The molecule has 2 aromatic heterocycles. The highest BCUT2D eigenvalue weighted by molar-refractivity contribution is 7.90. The average Bonchev–Trinajstić information content (AvgIpc) is 3.38. The Morgan fingerprint density at radius 3 is 2.59 bits per heavy atom. The number of para-hydroxylation sites is 1. The standard InChI is InChI=1S/C26H25ClN4O5S/c1-17-10-11-19(13-21(17)27)29-25(32)24-22(14-28-26(30-24)37(3,33)34)31(16-20-8-6-12-36-20)15-18-7-4-5-9-23(18)35-2/h4-14H,15-16H2,1-3H3,(H,29,32). The number of benzene rings is 2. The smallest absolute Gasteiger partial charge is 0.276 e. The SMILES string of the molecule is COc1ccccc1CN(Cc1ccco1)c1cnc(S(C)(=O)=O)nc1C(=O)Nc1ccc(C)c(Cl)c1. The molecule has 37 heavy (non-hydrogen) atoms. The maximum Gasteiger partial charge on any atom is 0.276 e. The number of aromatic nitrogens is 2. The maximum absolute atomic E-state index is 13.5. The number of carbonyl (C=O) groups is 1.